The van der Waals surface area contributed by atoms with Crippen LogP contribution in [-0.4, -0.2) is 42.0 Å². The molecular formula is C27H30ClNO5. The number of amides is 1. The molecule has 2 aromatic rings. The molecular weight excluding hydrogens is 454 g/mol. The highest BCUT2D eigenvalue weighted by molar-refractivity contribution is 6.46. The van der Waals surface area contributed by atoms with Gasteiger partial charge in [0.1, 0.15) is 17.3 Å². The molecule has 0 spiro atoms. The topological polar surface area (TPSA) is 76.1 Å². The van der Waals surface area contributed by atoms with Crippen LogP contribution in [0.3, 0.4) is 0 Å². The van der Waals surface area contributed by atoms with E-state index in [0.717, 1.165) is 36.8 Å². The molecule has 4 rings (SSSR count). The number of benzene rings is 2. The van der Waals surface area contributed by atoms with Crippen LogP contribution in [0.25, 0.3) is 5.76 Å². The maximum Gasteiger partial charge on any atom is 0.295 e. The van der Waals surface area contributed by atoms with Gasteiger partial charge in [-0.1, -0.05) is 62.6 Å². The third kappa shape index (κ3) is 4.16. The van der Waals surface area contributed by atoms with Crippen LogP contribution in [0.15, 0.2) is 42.0 Å². The second kappa shape index (κ2) is 9.71. The molecule has 34 heavy (non-hydrogen) atoms. The van der Waals surface area contributed by atoms with Crippen LogP contribution in [0.4, 0.5) is 0 Å². The lowest BCUT2D eigenvalue weighted by molar-refractivity contribution is -0.141. The standard InChI is InChI=1S/C27H30ClNO5/c1-15(2)16-9-11-17(12-10-16)24-23(26(31)27(32)29(24)18-7-5-6-8-18)25(30)19-13-22(34-4)20(28)14-21(19)33-3/h9-15,18,24,30H,5-8H2,1-4H3/b25-23+. The molecule has 1 unspecified atom stereocenters. The molecule has 2 aromatic carbocycles. The Hall–Kier alpha value is -2.99. The van der Waals surface area contributed by atoms with Crippen LogP contribution < -0.4 is 9.47 Å². The lowest BCUT2D eigenvalue weighted by Gasteiger charge is -2.31. The highest BCUT2D eigenvalue weighted by Gasteiger charge is 2.49. The SMILES string of the molecule is COc1cc(/C(O)=C2\C(=O)C(=O)N(C3CCCC3)C2c2ccc(C(C)C)cc2)c(OC)cc1Cl. The highest BCUT2D eigenvalue weighted by Crippen LogP contribution is 2.45. The normalized spacial score (nSPS) is 20.4. The van der Waals surface area contributed by atoms with Crippen molar-refractivity contribution >= 4 is 29.1 Å². The second-order valence-electron chi connectivity index (χ2n) is 9.15. The Kier molecular flexibility index (Phi) is 6.89. The van der Waals surface area contributed by atoms with Crippen LogP contribution in [-0.2, 0) is 9.59 Å². The number of nitrogens with zero attached hydrogens (tertiary/aromatic N) is 1. The summed E-state index contributed by atoms with van der Waals surface area (Å²) >= 11 is 6.24. The first-order valence-electron chi connectivity index (χ1n) is 11.6. The van der Waals surface area contributed by atoms with Gasteiger partial charge in [-0.15, -0.1) is 0 Å². The molecule has 0 radical (unpaired) electrons. The molecule has 1 amide bonds. The fourth-order valence-electron chi connectivity index (χ4n) is 4.99. The number of hydrogen-bond acceptors (Lipinski definition) is 5. The van der Waals surface area contributed by atoms with Gasteiger partial charge >= 0.3 is 0 Å². The largest absolute Gasteiger partial charge is 0.507 e. The van der Waals surface area contributed by atoms with Crippen LogP contribution in [0.2, 0.25) is 5.02 Å². The zero-order chi connectivity index (χ0) is 24.6. The van der Waals surface area contributed by atoms with Crippen LogP contribution in [0, 0.1) is 0 Å². The Bertz CT molecular complexity index is 1130. The molecule has 2 fully saturated rings. The first-order chi connectivity index (χ1) is 16.3. The number of halogens is 1. The number of carbonyl (C=O) groups is 2. The molecule has 1 saturated carbocycles. The number of aliphatic hydroxyl groups is 1. The molecule has 2 aliphatic rings. The van der Waals surface area contributed by atoms with Crippen molar-refractivity contribution in [1.82, 2.24) is 4.90 Å². The van der Waals surface area contributed by atoms with Crippen LogP contribution in [0.1, 0.15) is 68.2 Å². The number of likely N-dealkylation sites (tertiary alicyclic amines) is 1. The van der Waals surface area contributed by atoms with Gasteiger partial charge in [-0.3, -0.25) is 9.59 Å². The number of Topliss-reactive ketones (excluding diaryl/α,β-unsaturated/α-hetero) is 1. The number of ketones is 1. The third-order valence-electron chi connectivity index (χ3n) is 6.85. The Balaban J connectivity index is 1.92. The minimum Gasteiger partial charge on any atom is -0.507 e. The monoisotopic (exact) mass is 483 g/mol. The molecule has 0 bridgehead atoms. The quantitative estimate of drug-likeness (QED) is 0.317. The van der Waals surface area contributed by atoms with E-state index in [9.17, 15) is 14.7 Å². The first-order valence-corrected chi connectivity index (χ1v) is 12.0. The van der Waals surface area contributed by atoms with E-state index in [0.29, 0.717) is 16.7 Å². The summed E-state index contributed by atoms with van der Waals surface area (Å²) in [5.74, 6) is -0.620. The molecule has 180 valence electrons. The second-order valence-corrected chi connectivity index (χ2v) is 9.56. The van der Waals surface area contributed by atoms with E-state index >= 15 is 0 Å². The molecule has 1 aliphatic heterocycles. The smallest absolute Gasteiger partial charge is 0.295 e. The molecule has 1 N–H and O–H groups in total. The van der Waals surface area contributed by atoms with Crippen molar-refractivity contribution in [3.8, 4) is 11.5 Å². The fourth-order valence-corrected chi connectivity index (χ4v) is 5.22. The number of aliphatic hydroxyl groups excluding tert-OH is 1. The summed E-state index contributed by atoms with van der Waals surface area (Å²) < 4.78 is 10.7. The minimum absolute atomic E-state index is 0.0434. The van der Waals surface area contributed by atoms with Crippen molar-refractivity contribution < 1.29 is 24.2 Å². The Morgan fingerprint density at radius 1 is 1.03 bits per heavy atom. The molecule has 0 aromatic heterocycles. The van der Waals surface area contributed by atoms with E-state index in [1.54, 1.807) is 4.90 Å². The number of methoxy groups -OCH3 is 2. The van der Waals surface area contributed by atoms with E-state index < -0.39 is 17.7 Å². The first kappa shape index (κ1) is 24.1. The lowest BCUT2D eigenvalue weighted by atomic mass is 9.92. The van der Waals surface area contributed by atoms with Gasteiger partial charge in [0.25, 0.3) is 11.7 Å². The maximum absolute atomic E-state index is 13.4. The molecule has 1 heterocycles. The number of rotatable bonds is 6. The van der Waals surface area contributed by atoms with Crippen molar-refractivity contribution in [2.24, 2.45) is 0 Å². The van der Waals surface area contributed by atoms with Crippen LogP contribution >= 0.6 is 11.6 Å². The van der Waals surface area contributed by atoms with Gasteiger partial charge in [0.15, 0.2) is 0 Å². The minimum atomic E-state index is -0.696. The number of carbonyl (C=O) groups excluding carboxylic acids is 2. The van der Waals surface area contributed by atoms with Crippen molar-refractivity contribution in [3.05, 3.63) is 63.7 Å². The van der Waals surface area contributed by atoms with Crippen molar-refractivity contribution in [2.45, 2.75) is 57.5 Å². The van der Waals surface area contributed by atoms with E-state index in [2.05, 4.69) is 13.8 Å². The molecule has 7 heteroatoms. The maximum atomic E-state index is 13.4. The zero-order valence-corrected chi connectivity index (χ0v) is 20.7. The fraction of sp³-hybridized carbons (Fsp3) is 0.407. The van der Waals surface area contributed by atoms with Crippen molar-refractivity contribution in [2.75, 3.05) is 14.2 Å². The van der Waals surface area contributed by atoms with Gasteiger partial charge in [0, 0.05) is 12.1 Å². The van der Waals surface area contributed by atoms with Crippen molar-refractivity contribution in [1.29, 1.82) is 0 Å². The van der Waals surface area contributed by atoms with Gasteiger partial charge in [-0.05, 0) is 36.0 Å². The average Bonchev–Trinajstić information content (AvgIpc) is 3.45. The van der Waals surface area contributed by atoms with Crippen LogP contribution in [0.5, 0.6) is 11.5 Å². The van der Waals surface area contributed by atoms with Gasteiger partial charge in [0.2, 0.25) is 0 Å². The molecule has 1 atom stereocenters. The van der Waals surface area contributed by atoms with Crippen molar-refractivity contribution in [3.63, 3.8) is 0 Å². The summed E-state index contributed by atoms with van der Waals surface area (Å²) in [6.45, 7) is 4.22. The summed E-state index contributed by atoms with van der Waals surface area (Å²) in [6, 6.07) is 10.2. The summed E-state index contributed by atoms with van der Waals surface area (Å²) in [4.78, 5) is 28.3. The summed E-state index contributed by atoms with van der Waals surface area (Å²) in [7, 11) is 2.92. The Morgan fingerprint density at radius 3 is 2.21 bits per heavy atom. The lowest BCUT2D eigenvalue weighted by Crippen LogP contribution is -2.37. The predicted octanol–water partition coefficient (Wildman–Crippen LogP) is 5.84. The molecule has 6 nitrogen and oxygen atoms in total. The Morgan fingerprint density at radius 2 is 1.65 bits per heavy atom. The summed E-state index contributed by atoms with van der Waals surface area (Å²) in [5, 5.41) is 11.8. The molecule has 1 aliphatic carbocycles. The average molecular weight is 484 g/mol. The summed E-state index contributed by atoms with van der Waals surface area (Å²) in [6.07, 6.45) is 3.70. The number of hydrogen-bond donors (Lipinski definition) is 1. The van der Waals surface area contributed by atoms with E-state index in [1.807, 2.05) is 24.3 Å². The highest BCUT2D eigenvalue weighted by atomic mass is 35.5. The van der Waals surface area contributed by atoms with Gasteiger partial charge < -0.3 is 19.5 Å². The third-order valence-corrected chi connectivity index (χ3v) is 7.14. The number of ether oxygens (including phenoxy) is 2. The Labute approximate surface area is 205 Å². The van der Waals surface area contributed by atoms with Gasteiger partial charge in [0.05, 0.1) is 36.4 Å². The van der Waals surface area contributed by atoms with E-state index in [1.165, 1.54) is 26.4 Å². The zero-order valence-electron chi connectivity index (χ0n) is 19.9. The van der Waals surface area contributed by atoms with E-state index in [4.69, 9.17) is 21.1 Å². The van der Waals surface area contributed by atoms with E-state index in [-0.39, 0.29) is 28.7 Å². The summed E-state index contributed by atoms with van der Waals surface area (Å²) in [5.41, 5.74) is 2.25. The predicted molar refractivity (Wildman–Crippen MR) is 131 cm³/mol. The van der Waals surface area contributed by atoms with Gasteiger partial charge in [-0.2, -0.15) is 0 Å². The van der Waals surface area contributed by atoms with Gasteiger partial charge in [-0.25, -0.2) is 0 Å². The molecule has 1 saturated heterocycles.